The van der Waals surface area contributed by atoms with Crippen LogP contribution in [0.25, 0.3) is 0 Å². The third-order valence-corrected chi connectivity index (χ3v) is 4.54. The summed E-state index contributed by atoms with van der Waals surface area (Å²) in [6.07, 6.45) is 14.7. The third-order valence-electron chi connectivity index (χ3n) is 4.54. The number of hydrogen-bond donors (Lipinski definition) is 0. The lowest BCUT2D eigenvalue weighted by molar-refractivity contribution is -0.137. The van der Waals surface area contributed by atoms with Gasteiger partial charge in [-0.1, -0.05) is 58.1 Å². The number of rotatable bonds is 14. The Morgan fingerprint density at radius 2 is 1.88 bits per heavy atom. The predicted octanol–water partition coefficient (Wildman–Crippen LogP) is 6.23. The maximum absolute atomic E-state index is 11.7. The number of methoxy groups -OCH3 is 1. The van der Waals surface area contributed by atoms with Crippen LogP contribution in [0.1, 0.15) is 86.0 Å². The lowest BCUT2D eigenvalue weighted by atomic mass is 9.95. The van der Waals surface area contributed by atoms with Crippen LogP contribution in [0.4, 0.5) is 0 Å². The standard InChI is InChI=1S/C22H40O3/c1-7-8-9-10-17-25-21(23)18-20(3)14-11-13-19(2)15-12-16-22(4,5)24-6/h11,14,18-19H,7-10,12-13,15-17H2,1-6H3. The molecule has 3 nitrogen and oxygen atoms in total. The fraction of sp³-hybridized carbons (Fsp3) is 0.773. The van der Waals surface area contributed by atoms with E-state index in [1.165, 1.54) is 25.7 Å². The number of carbonyl (C=O) groups excluding carboxylic acids is 1. The molecule has 0 N–H and O–H groups in total. The van der Waals surface area contributed by atoms with Gasteiger partial charge in [-0.3, -0.25) is 0 Å². The van der Waals surface area contributed by atoms with Gasteiger partial charge in [0.15, 0.2) is 0 Å². The first-order valence-corrected chi connectivity index (χ1v) is 9.87. The van der Waals surface area contributed by atoms with Gasteiger partial charge in [-0.15, -0.1) is 0 Å². The molecule has 0 aromatic rings. The topological polar surface area (TPSA) is 35.5 Å². The van der Waals surface area contributed by atoms with Crippen molar-refractivity contribution < 1.29 is 14.3 Å². The molecule has 3 heteroatoms. The van der Waals surface area contributed by atoms with Crippen LogP contribution < -0.4 is 0 Å². The molecule has 0 heterocycles. The Bertz CT molecular complexity index is 407. The zero-order valence-corrected chi connectivity index (χ0v) is 17.4. The highest BCUT2D eigenvalue weighted by molar-refractivity contribution is 5.83. The Kier molecular flexibility index (Phi) is 13.5. The second kappa shape index (κ2) is 14.1. The molecule has 0 spiro atoms. The van der Waals surface area contributed by atoms with Crippen molar-refractivity contribution in [3.63, 3.8) is 0 Å². The number of hydrogen-bond acceptors (Lipinski definition) is 3. The van der Waals surface area contributed by atoms with Crippen molar-refractivity contribution in [3.05, 3.63) is 23.8 Å². The van der Waals surface area contributed by atoms with E-state index in [1.54, 1.807) is 13.2 Å². The van der Waals surface area contributed by atoms with Crippen molar-refractivity contribution in [1.29, 1.82) is 0 Å². The van der Waals surface area contributed by atoms with Crippen molar-refractivity contribution in [3.8, 4) is 0 Å². The summed E-state index contributed by atoms with van der Waals surface area (Å²) in [5, 5.41) is 0. The van der Waals surface area contributed by atoms with Gasteiger partial charge in [-0.05, 0) is 51.5 Å². The summed E-state index contributed by atoms with van der Waals surface area (Å²) in [6.45, 7) is 11.2. The summed E-state index contributed by atoms with van der Waals surface area (Å²) in [5.74, 6) is 0.413. The first-order chi connectivity index (χ1) is 11.8. The van der Waals surface area contributed by atoms with E-state index in [1.807, 2.05) is 13.0 Å². The smallest absolute Gasteiger partial charge is 0.331 e. The number of ether oxygens (including phenoxy) is 2. The molecule has 0 aromatic carbocycles. The molecule has 0 saturated heterocycles. The van der Waals surface area contributed by atoms with E-state index in [-0.39, 0.29) is 11.6 Å². The summed E-state index contributed by atoms with van der Waals surface area (Å²) in [7, 11) is 1.78. The molecule has 0 saturated carbocycles. The Labute approximate surface area is 155 Å². The molecule has 0 radical (unpaired) electrons. The second-order valence-electron chi connectivity index (χ2n) is 7.72. The summed E-state index contributed by atoms with van der Waals surface area (Å²) >= 11 is 0. The van der Waals surface area contributed by atoms with E-state index in [0.717, 1.165) is 31.3 Å². The summed E-state index contributed by atoms with van der Waals surface area (Å²) < 4.78 is 10.7. The predicted molar refractivity (Wildman–Crippen MR) is 107 cm³/mol. The first kappa shape index (κ1) is 23.9. The molecule has 0 amide bonds. The number of esters is 1. The van der Waals surface area contributed by atoms with Crippen LogP contribution in [-0.4, -0.2) is 25.3 Å². The molecule has 0 fully saturated rings. The van der Waals surface area contributed by atoms with Crippen molar-refractivity contribution >= 4 is 5.97 Å². The number of carbonyl (C=O) groups is 1. The second-order valence-corrected chi connectivity index (χ2v) is 7.72. The van der Waals surface area contributed by atoms with Gasteiger partial charge in [0.1, 0.15) is 0 Å². The van der Waals surface area contributed by atoms with Gasteiger partial charge in [-0.2, -0.15) is 0 Å². The molecule has 0 aromatic heterocycles. The van der Waals surface area contributed by atoms with Crippen LogP contribution >= 0.6 is 0 Å². The first-order valence-electron chi connectivity index (χ1n) is 9.87. The Balaban J connectivity index is 3.95. The van der Waals surface area contributed by atoms with E-state index >= 15 is 0 Å². The maximum atomic E-state index is 11.7. The zero-order chi connectivity index (χ0) is 19.1. The summed E-state index contributed by atoms with van der Waals surface area (Å²) in [6, 6.07) is 0. The molecule has 0 aliphatic carbocycles. The van der Waals surface area contributed by atoms with E-state index in [0.29, 0.717) is 12.5 Å². The number of allylic oxidation sites excluding steroid dienone is 3. The Hall–Kier alpha value is -1.09. The van der Waals surface area contributed by atoms with Crippen LogP contribution in [0.2, 0.25) is 0 Å². The summed E-state index contributed by atoms with van der Waals surface area (Å²) in [4.78, 5) is 11.7. The lowest BCUT2D eigenvalue weighted by Crippen LogP contribution is -2.22. The maximum Gasteiger partial charge on any atom is 0.331 e. The van der Waals surface area contributed by atoms with Crippen molar-refractivity contribution in [2.45, 2.75) is 91.6 Å². The van der Waals surface area contributed by atoms with Crippen molar-refractivity contribution in [1.82, 2.24) is 0 Å². The Morgan fingerprint density at radius 3 is 2.52 bits per heavy atom. The van der Waals surface area contributed by atoms with Gasteiger partial charge in [0.05, 0.1) is 12.2 Å². The van der Waals surface area contributed by atoms with Crippen molar-refractivity contribution in [2.75, 3.05) is 13.7 Å². The minimum Gasteiger partial charge on any atom is -0.463 e. The quantitative estimate of drug-likeness (QED) is 0.161. The van der Waals surface area contributed by atoms with E-state index < -0.39 is 0 Å². The molecule has 0 bridgehead atoms. The molecule has 25 heavy (non-hydrogen) atoms. The fourth-order valence-electron chi connectivity index (χ4n) is 2.56. The van der Waals surface area contributed by atoms with E-state index in [2.05, 4.69) is 33.8 Å². The van der Waals surface area contributed by atoms with Crippen LogP contribution in [0.5, 0.6) is 0 Å². The highest BCUT2D eigenvalue weighted by Crippen LogP contribution is 2.20. The van der Waals surface area contributed by atoms with Gasteiger partial charge in [0.2, 0.25) is 0 Å². The van der Waals surface area contributed by atoms with Crippen LogP contribution in [-0.2, 0) is 14.3 Å². The minimum atomic E-state index is -0.228. The molecular formula is C22H40O3. The van der Waals surface area contributed by atoms with E-state index in [4.69, 9.17) is 9.47 Å². The normalized spacial score (nSPS) is 14.1. The van der Waals surface area contributed by atoms with Gasteiger partial charge in [0, 0.05) is 13.2 Å². The molecule has 1 unspecified atom stereocenters. The fourth-order valence-corrected chi connectivity index (χ4v) is 2.56. The van der Waals surface area contributed by atoms with Gasteiger partial charge < -0.3 is 9.47 Å². The van der Waals surface area contributed by atoms with Crippen LogP contribution in [0.3, 0.4) is 0 Å². The molecule has 1 atom stereocenters. The Morgan fingerprint density at radius 1 is 1.16 bits per heavy atom. The largest absolute Gasteiger partial charge is 0.463 e. The SMILES string of the molecule is CCCCCCOC(=O)C=C(C)C=CCC(C)CCCC(C)(C)OC. The molecule has 146 valence electrons. The average molecular weight is 353 g/mol. The molecule has 0 rings (SSSR count). The summed E-state index contributed by atoms with van der Waals surface area (Å²) in [5.41, 5.74) is 0.928. The van der Waals surface area contributed by atoms with Gasteiger partial charge in [-0.25, -0.2) is 4.79 Å². The average Bonchev–Trinajstić information content (AvgIpc) is 2.54. The van der Waals surface area contributed by atoms with E-state index in [9.17, 15) is 4.79 Å². The zero-order valence-electron chi connectivity index (χ0n) is 17.4. The number of unbranched alkanes of at least 4 members (excludes halogenated alkanes) is 3. The highest BCUT2D eigenvalue weighted by atomic mass is 16.5. The highest BCUT2D eigenvalue weighted by Gasteiger charge is 2.15. The monoisotopic (exact) mass is 352 g/mol. The minimum absolute atomic E-state index is 0.0220. The van der Waals surface area contributed by atoms with Crippen LogP contribution in [0.15, 0.2) is 23.8 Å². The molecule has 0 aliphatic rings. The molecular weight excluding hydrogens is 312 g/mol. The third kappa shape index (κ3) is 14.9. The lowest BCUT2D eigenvalue weighted by Gasteiger charge is -2.23. The van der Waals surface area contributed by atoms with Crippen molar-refractivity contribution in [2.24, 2.45) is 5.92 Å². The van der Waals surface area contributed by atoms with Gasteiger partial charge in [0.25, 0.3) is 0 Å². The molecule has 0 aliphatic heterocycles. The van der Waals surface area contributed by atoms with Crippen LogP contribution in [0, 0.1) is 5.92 Å². The van der Waals surface area contributed by atoms with Gasteiger partial charge >= 0.3 is 5.97 Å².